The van der Waals surface area contributed by atoms with Crippen molar-refractivity contribution in [2.75, 3.05) is 0 Å². The van der Waals surface area contributed by atoms with Gasteiger partial charge in [-0.1, -0.05) is 6.07 Å². The summed E-state index contributed by atoms with van der Waals surface area (Å²) in [5.41, 5.74) is 2.67. The van der Waals surface area contributed by atoms with Gasteiger partial charge >= 0.3 is 0 Å². The Morgan fingerprint density at radius 1 is 0.958 bits per heavy atom. The van der Waals surface area contributed by atoms with Crippen molar-refractivity contribution in [2.45, 2.75) is 6.54 Å². The van der Waals surface area contributed by atoms with Crippen LogP contribution in [0.25, 0.3) is 11.2 Å². The molecule has 24 heavy (non-hydrogen) atoms. The maximum absolute atomic E-state index is 12.3. The predicted octanol–water partition coefficient (Wildman–Crippen LogP) is 3.06. The molecule has 1 N–H and O–H groups in total. The van der Waals surface area contributed by atoms with E-state index in [0.717, 1.165) is 17.0 Å². The van der Waals surface area contributed by atoms with Crippen LogP contribution in [0.4, 0.5) is 0 Å². The SMILES string of the molecule is O=C(NCc1ncc2ccccn12)c1ccc(-n2cccc2)cc1. The molecule has 0 aliphatic carbocycles. The Balaban J connectivity index is 1.46. The minimum absolute atomic E-state index is 0.110. The van der Waals surface area contributed by atoms with Gasteiger partial charge in [-0.15, -0.1) is 0 Å². The van der Waals surface area contributed by atoms with E-state index in [4.69, 9.17) is 0 Å². The summed E-state index contributed by atoms with van der Waals surface area (Å²) >= 11 is 0. The highest BCUT2D eigenvalue weighted by Crippen LogP contribution is 2.11. The first-order valence-corrected chi connectivity index (χ1v) is 7.74. The third kappa shape index (κ3) is 2.67. The molecule has 5 nitrogen and oxygen atoms in total. The number of hydrogen-bond acceptors (Lipinski definition) is 2. The highest BCUT2D eigenvalue weighted by Gasteiger charge is 2.08. The van der Waals surface area contributed by atoms with Crippen LogP contribution in [0.15, 0.2) is 79.4 Å². The van der Waals surface area contributed by atoms with Crippen molar-refractivity contribution in [2.24, 2.45) is 0 Å². The molecule has 0 bridgehead atoms. The van der Waals surface area contributed by atoms with Gasteiger partial charge in [0.15, 0.2) is 0 Å². The summed E-state index contributed by atoms with van der Waals surface area (Å²) in [6, 6.07) is 17.3. The summed E-state index contributed by atoms with van der Waals surface area (Å²) in [6.45, 7) is 0.385. The van der Waals surface area contributed by atoms with Crippen LogP contribution in [0, 0.1) is 0 Å². The molecule has 0 saturated carbocycles. The Bertz CT molecular complexity index is 968. The van der Waals surface area contributed by atoms with E-state index in [9.17, 15) is 4.79 Å². The van der Waals surface area contributed by atoms with Gasteiger partial charge in [-0.25, -0.2) is 4.98 Å². The second-order valence-electron chi connectivity index (χ2n) is 5.49. The summed E-state index contributed by atoms with van der Waals surface area (Å²) in [7, 11) is 0. The number of hydrogen-bond donors (Lipinski definition) is 1. The third-order valence-corrected chi connectivity index (χ3v) is 3.95. The Labute approximate surface area is 139 Å². The molecule has 0 aliphatic rings. The van der Waals surface area contributed by atoms with Crippen molar-refractivity contribution < 1.29 is 4.79 Å². The van der Waals surface area contributed by atoms with E-state index in [2.05, 4.69) is 10.3 Å². The molecule has 4 aromatic rings. The second-order valence-corrected chi connectivity index (χ2v) is 5.49. The Morgan fingerprint density at radius 3 is 2.50 bits per heavy atom. The average molecular weight is 316 g/mol. The highest BCUT2D eigenvalue weighted by molar-refractivity contribution is 5.94. The molecule has 1 aromatic carbocycles. The Kier molecular flexibility index (Phi) is 3.59. The van der Waals surface area contributed by atoms with Gasteiger partial charge in [-0.2, -0.15) is 0 Å². The summed E-state index contributed by atoms with van der Waals surface area (Å²) < 4.78 is 3.97. The minimum atomic E-state index is -0.110. The van der Waals surface area contributed by atoms with Crippen LogP contribution in [0.2, 0.25) is 0 Å². The van der Waals surface area contributed by atoms with Gasteiger partial charge in [-0.3, -0.25) is 4.79 Å². The summed E-state index contributed by atoms with van der Waals surface area (Å²) in [6.07, 6.45) is 7.68. The lowest BCUT2D eigenvalue weighted by Gasteiger charge is -2.07. The zero-order valence-electron chi connectivity index (χ0n) is 13.0. The number of nitrogens with zero attached hydrogens (tertiary/aromatic N) is 3. The molecule has 3 heterocycles. The normalized spacial score (nSPS) is 10.8. The van der Waals surface area contributed by atoms with E-state index >= 15 is 0 Å². The van der Waals surface area contributed by atoms with Crippen LogP contribution >= 0.6 is 0 Å². The zero-order valence-corrected chi connectivity index (χ0v) is 13.0. The first kappa shape index (κ1) is 14.3. The number of rotatable bonds is 4. The number of carbonyl (C=O) groups excluding carboxylic acids is 1. The second kappa shape index (κ2) is 6.04. The maximum atomic E-state index is 12.3. The lowest BCUT2D eigenvalue weighted by Crippen LogP contribution is -2.23. The first-order chi connectivity index (χ1) is 11.8. The molecular formula is C19H16N4O. The van der Waals surface area contributed by atoms with Crippen LogP contribution in [-0.4, -0.2) is 19.9 Å². The van der Waals surface area contributed by atoms with Gasteiger partial charge in [0, 0.05) is 29.8 Å². The van der Waals surface area contributed by atoms with Crippen LogP contribution in [-0.2, 0) is 6.54 Å². The summed E-state index contributed by atoms with van der Waals surface area (Å²) in [5, 5.41) is 2.92. The van der Waals surface area contributed by atoms with Gasteiger partial charge in [0.2, 0.25) is 0 Å². The number of benzene rings is 1. The number of aromatic nitrogens is 3. The van der Waals surface area contributed by atoms with E-state index in [1.165, 1.54) is 0 Å². The van der Waals surface area contributed by atoms with Crippen molar-refractivity contribution in [1.29, 1.82) is 0 Å². The van der Waals surface area contributed by atoms with Gasteiger partial charge in [0.05, 0.1) is 18.3 Å². The number of carbonyl (C=O) groups is 1. The van der Waals surface area contributed by atoms with Gasteiger partial charge in [0.1, 0.15) is 5.82 Å². The fraction of sp³-hybridized carbons (Fsp3) is 0.0526. The molecule has 0 spiro atoms. The molecule has 1 amide bonds. The van der Waals surface area contributed by atoms with Crippen molar-refractivity contribution in [3.63, 3.8) is 0 Å². The minimum Gasteiger partial charge on any atom is -0.345 e. The van der Waals surface area contributed by atoms with Crippen LogP contribution in [0.1, 0.15) is 16.2 Å². The van der Waals surface area contributed by atoms with E-state index in [-0.39, 0.29) is 5.91 Å². The molecule has 4 rings (SSSR count). The summed E-state index contributed by atoms with van der Waals surface area (Å²) in [4.78, 5) is 16.7. The van der Waals surface area contributed by atoms with E-state index < -0.39 is 0 Å². The molecule has 0 aliphatic heterocycles. The van der Waals surface area contributed by atoms with E-state index in [1.807, 2.05) is 82.2 Å². The molecule has 0 fully saturated rings. The lowest BCUT2D eigenvalue weighted by molar-refractivity contribution is 0.0950. The molecule has 118 valence electrons. The zero-order chi connectivity index (χ0) is 16.4. The predicted molar refractivity (Wildman–Crippen MR) is 92.1 cm³/mol. The number of imidazole rings is 1. The topological polar surface area (TPSA) is 51.3 Å². The first-order valence-electron chi connectivity index (χ1n) is 7.74. The number of pyridine rings is 1. The smallest absolute Gasteiger partial charge is 0.251 e. The standard InChI is InChI=1S/C19H16N4O/c24-19(15-6-8-16(9-7-15)22-10-3-4-11-22)21-14-18-20-13-17-5-1-2-12-23(17)18/h1-13H,14H2,(H,21,24). The largest absolute Gasteiger partial charge is 0.345 e. The van der Waals surface area contributed by atoms with Gasteiger partial charge < -0.3 is 14.3 Å². The Hall–Kier alpha value is -3.34. The summed E-state index contributed by atoms with van der Waals surface area (Å²) in [5.74, 6) is 0.699. The molecule has 5 heteroatoms. The maximum Gasteiger partial charge on any atom is 0.251 e. The molecule has 0 atom stereocenters. The molecule has 0 saturated heterocycles. The van der Waals surface area contributed by atoms with Crippen molar-refractivity contribution >= 4 is 11.4 Å². The van der Waals surface area contributed by atoms with Crippen LogP contribution in [0.3, 0.4) is 0 Å². The van der Waals surface area contributed by atoms with Crippen LogP contribution < -0.4 is 5.32 Å². The number of amides is 1. The van der Waals surface area contributed by atoms with Crippen LogP contribution in [0.5, 0.6) is 0 Å². The fourth-order valence-electron chi connectivity index (χ4n) is 2.68. The average Bonchev–Trinajstić information content (AvgIpc) is 3.30. The number of nitrogens with one attached hydrogen (secondary N) is 1. The fourth-order valence-corrected chi connectivity index (χ4v) is 2.68. The van der Waals surface area contributed by atoms with Crippen molar-refractivity contribution in [3.05, 3.63) is 90.8 Å². The van der Waals surface area contributed by atoms with E-state index in [0.29, 0.717) is 12.1 Å². The Morgan fingerprint density at radius 2 is 1.71 bits per heavy atom. The molecule has 3 aromatic heterocycles. The van der Waals surface area contributed by atoms with E-state index in [1.54, 1.807) is 6.20 Å². The number of fused-ring (bicyclic) bond motifs is 1. The molecule has 0 unspecified atom stereocenters. The molecule has 0 radical (unpaired) electrons. The highest BCUT2D eigenvalue weighted by atomic mass is 16.1. The monoisotopic (exact) mass is 316 g/mol. The molecular weight excluding hydrogens is 300 g/mol. The van der Waals surface area contributed by atoms with Crippen molar-refractivity contribution in [3.8, 4) is 5.69 Å². The third-order valence-electron chi connectivity index (χ3n) is 3.95. The van der Waals surface area contributed by atoms with Gasteiger partial charge in [0.25, 0.3) is 5.91 Å². The van der Waals surface area contributed by atoms with Crippen molar-refractivity contribution in [1.82, 2.24) is 19.3 Å². The quantitative estimate of drug-likeness (QED) is 0.629. The van der Waals surface area contributed by atoms with Gasteiger partial charge in [-0.05, 0) is 48.5 Å². The lowest BCUT2D eigenvalue weighted by atomic mass is 10.2.